The second-order valence-electron chi connectivity index (χ2n) is 5.91. The van der Waals surface area contributed by atoms with Crippen molar-refractivity contribution in [3.05, 3.63) is 53.9 Å². The third-order valence-corrected chi connectivity index (χ3v) is 4.11. The Morgan fingerprint density at radius 1 is 1.23 bits per heavy atom. The third-order valence-electron chi connectivity index (χ3n) is 4.11. The van der Waals surface area contributed by atoms with E-state index in [1.165, 1.54) is 0 Å². The molecule has 0 unspecified atom stereocenters. The molecule has 3 rings (SSSR count). The lowest BCUT2D eigenvalue weighted by molar-refractivity contribution is 0.294. The number of ether oxygens (including phenoxy) is 2. The number of methoxy groups -OCH3 is 1. The quantitative estimate of drug-likeness (QED) is 0.619. The Labute approximate surface area is 153 Å². The van der Waals surface area contributed by atoms with Crippen LogP contribution < -0.4 is 9.47 Å². The van der Waals surface area contributed by atoms with Crippen LogP contribution in [-0.4, -0.2) is 23.3 Å². The molecule has 0 amide bonds. The van der Waals surface area contributed by atoms with E-state index in [0.29, 0.717) is 29.5 Å². The van der Waals surface area contributed by atoms with Crippen molar-refractivity contribution in [3.63, 3.8) is 0 Å². The molecule has 0 radical (unpaired) electrons. The number of fused-ring (bicyclic) bond motifs is 1. The summed E-state index contributed by atoms with van der Waals surface area (Å²) < 4.78 is 13.0. The molecule has 0 spiro atoms. The lowest BCUT2D eigenvalue weighted by Crippen LogP contribution is -1.98. The number of allylic oxidation sites excluding steroid dienone is 1. The van der Waals surface area contributed by atoms with E-state index >= 15 is 0 Å². The van der Waals surface area contributed by atoms with E-state index in [9.17, 15) is 5.26 Å². The van der Waals surface area contributed by atoms with Crippen molar-refractivity contribution in [1.82, 2.24) is 9.55 Å². The van der Waals surface area contributed by atoms with Crippen LogP contribution in [0.15, 0.2) is 42.5 Å². The number of aryl methyl sites for hydroxylation is 1. The number of imidazole rings is 1. The summed E-state index contributed by atoms with van der Waals surface area (Å²) in [7, 11) is 3.52. The topological polar surface area (TPSA) is 60.1 Å². The van der Waals surface area contributed by atoms with Crippen LogP contribution in [0.5, 0.6) is 11.5 Å². The minimum absolute atomic E-state index is 0.493. The Kier molecular flexibility index (Phi) is 5.23. The van der Waals surface area contributed by atoms with Crippen molar-refractivity contribution in [3.8, 4) is 17.6 Å². The fraction of sp³-hybridized carbons (Fsp3) is 0.238. The minimum Gasteiger partial charge on any atom is -0.493 e. The van der Waals surface area contributed by atoms with Gasteiger partial charge in [0.2, 0.25) is 0 Å². The lowest BCUT2D eigenvalue weighted by atomic mass is 10.1. The second-order valence-corrected chi connectivity index (χ2v) is 5.91. The number of para-hydroxylation sites is 2. The molecule has 5 nitrogen and oxygen atoms in total. The summed E-state index contributed by atoms with van der Waals surface area (Å²) >= 11 is 0. The van der Waals surface area contributed by atoms with Crippen LogP contribution in [0, 0.1) is 11.3 Å². The van der Waals surface area contributed by atoms with E-state index in [1.807, 2.05) is 60.2 Å². The van der Waals surface area contributed by atoms with Crippen LogP contribution >= 0.6 is 0 Å². The molecule has 0 fully saturated rings. The van der Waals surface area contributed by atoms with Gasteiger partial charge in [-0.3, -0.25) is 0 Å². The molecule has 1 aromatic heterocycles. The first-order chi connectivity index (χ1) is 12.7. The average molecular weight is 347 g/mol. The number of nitriles is 1. The van der Waals surface area contributed by atoms with Gasteiger partial charge in [-0.2, -0.15) is 5.26 Å². The SMILES string of the molecule is CCCOc1ccc(C=C(C#N)c2nc3ccccc3n2C)cc1OC. The average Bonchev–Trinajstić information content (AvgIpc) is 3.01. The van der Waals surface area contributed by atoms with E-state index in [4.69, 9.17) is 9.47 Å². The van der Waals surface area contributed by atoms with E-state index in [2.05, 4.69) is 18.0 Å². The molecule has 1 heterocycles. The summed E-state index contributed by atoms with van der Waals surface area (Å²) in [5.41, 5.74) is 3.21. The highest BCUT2D eigenvalue weighted by Crippen LogP contribution is 2.30. The van der Waals surface area contributed by atoms with Crippen molar-refractivity contribution >= 4 is 22.7 Å². The van der Waals surface area contributed by atoms with Crippen LogP contribution in [0.2, 0.25) is 0 Å². The largest absolute Gasteiger partial charge is 0.493 e. The maximum Gasteiger partial charge on any atom is 0.161 e. The zero-order valence-electron chi connectivity index (χ0n) is 15.2. The smallest absolute Gasteiger partial charge is 0.161 e. The van der Waals surface area contributed by atoms with Gasteiger partial charge in [0.15, 0.2) is 17.3 Å². The highest BCUT2D eigenvalue weighted by atomic mass is 16.5. The van der Waals surface area contributed by atoms with Crippen molar-refractivity contribution < 1.29 is 9.47 Å². The molecule has 26 heavy (non-hydrogen) atoms. The Hall–Kier alpha value is -3.26. The Bertz CT molecular complexity index is 996. The predicted molar refractivity (Wildman–Crippen MR) is 103 cm³/mol. The molecule has 0 atom stereocenters. The number of aromatic nitrogens is 2. The van der Waals surface area contributed by atoms with E-state index < -0.39 is 0 Å². The number of nitrogens with zero attached hydrogens (tertiary/aromatic N) is 3. The van der Waals surface area contributed by atoms with Gasteiger partial charge >= 0.3 is 0 Å². The predicted octanol–water partition coefficient (Wildman–Crippen LogP) is 4.43. The Morgan fingerprint density at radius 2 is 2.04 bits per heavy atom. The van der Waals surface area contributed by atoms with Gasteiger partial charge in [-0.1, -0.05) is 25.1 Å². The maximum absolute atomic E-state index is 9.66. The van der Waals surface area contributed by atoms with Gasteiger partial charge in [0.25, 0.3) is 0 Å². The van der Waals surface area contributed by atoms with Gasteiger partial charge in [0.1, 0.15) is 6.07 Å². The molecule has 0 bridgehead atoms. The number of hydrogen-bond acceptors (Lipinski definition) is 4. The molecule has 132 valence electrons. The van der Waals surface area contributed by atoms with Crippen LogP contribution in [0.4, 0.5) is 0 Å². The van der Waals surface area contributed by atoms with E-state index in [1.54, 1.807) is 7.11 Å². The highest BCUT2D eigenvalue weighted by Gasteiger charge is 2.12. The molecule has 0 saturated heterocycles. The molecule has 0 aliphatic rings. The van der Waals surface area contributed by atoms with Crippen molar-refractivity contribution in [2.24, 2.45) is 7.05 Å². The van der Waals surface area contributed by atoms with Gasteiger partial charge in [-0.25, -0.2) is 4.98 Å². The summed E-state index contributed by atoms with van der Waals surface area (Å²) in [5.74, 6) is 1.99. The standard InChI is InChI=1S/C21H21N3O2/c1-4-11-26-19-10-9-15(13-20(19)25-3)12-16(14-22)21-23-17-7-5-6-8-18(17)24(21)2/h5-10,12-13H,4,11H2,1-3H3. The first-order valence-corrected chi connectivity index (χ1v) is 8.52. The zero-order valence-corrected chi connectivity index (χ0v) is 15.2. The Morgan fingerprint density at radius 3 is 2.73 bits per heavy atom. The van der Waals surface area contributed by atoms with Gasteiger partial charge < -0.3 is 14.0 Å². The summed E-state index contributed by atoms with van der Waals surface area (Å²) in [4.78, 5) is 4.60. The van der Waals surface area contributed by atoms with Crippen molar-refractivity contribution in [2.75, 3.05) is 13.7 Å². The first kappa shape index (κ1) is 17.6. The monoisotopic (exact) mass is 347 g/mol. The molecule has 3 aromatic rings. The number of benzene rings is 2. The summed E-state index contributed by atoms with van der Waals surface area (Å²) in [6.45, 7) is 2.69. The Balaban J connectivity index is 2.01. The van der Waals surface area contributed by atoms with Crippen molar-refractivity contribution in [2.45, 2.75) is 13.3 Å². The molecule has 0 saturated carbocycles. The summed E-state index contributed by atoms with van der Waals surface area (Å²) in [6, 6.07) is 15.7. The zero-order chi connectivity index (χ0) is 18.5. The first-order valence-electron chi connectivity index (χ1n) is 8.52. The van der Waals surface area contributed by atoms with Crippen LogP contribution in [0.3, 0.4) is 0 Å². The molecule has 2 aromatic carbocycles. The van der Waals surface area contributed by atoms with Gasteiger partial charge in [-0.05, 0) is 42.3 Å². The van der Waals surface area contributed by atoms with E-state index in [-0.39, 0.29) is 0 Å². The van der Waals surface area contributed by atoms with Crippen LogP contribution in [0.1, 0.15) is 24.7 Å². The molecule has 0 aliphatic heterocycles. The minimum atomic E-state index is 0.493. The second kappa shape index (κ2) is 7.75. The summed E-state index contributed by atoms with van der Waals surface area (Å²) in [5, 5.41) is 9.66. The van der Waals surface area contributed by atoms with Gasteiger partial charge in [0.05, 0.1) is 30.3 Å². The number of hydrogen-bond donors (Lipinski definition) is 0. The maximum atomic E-state index is 9.66. The number of rotatable bonds is 6. The van der Waals surface area contributed by atoms with E-state index in [0.717, 1.165) is 23.0 Å². The fourth-order valence-electron chi connectivity index (χ4n) is 2.81. The fourth-order valence-corrected chi connectivity index (χ4v) is 2.81. The normalized spacial score (nSPS) is 11.4. The molecule has 0 N–H and O–H groups in total. The molecular weight excluding hydrogens is 326 g/mol. The molecular formula is C21H21N3O2. The van der Waals surface area contributed by atoms with Crippen LogP contribution in [0.25, 0.3) is 22.7 Å². The van der Waals surface area contributed by atoms with Crippen molar-refractivity contribution in [1.29, 1.82) is 5.26 Å². The molecule has 5 heteroatoms. The van der Waals surface area contributed by atoms with Gasteiger partial charge in [-0.15, -0.1) is 0 Å². The molecule has 0 aliphatic carbocycles. The highest BCUT2D eigenvalue weighted by molar-refractivity contribution is 5.91. The van der Waals surface area contributed by atoms with Gasteiger partial charge in [0, 0.05) is 7.05 Å². The lowest BCUT2D eigenvalue weighted by Gasteiger charge is -2.10. The van der Waals surface area contributed by atoms with Crippen LogP contribution in [-0.2, 0) is 7.05 Å². The third kappa shape index (κ3) is 3.40. The summed E-state index contributed by atoms with van der Waals surface area (Å²) in [6.07, 6.45) is 2.74.